The molecule has 1 aliphatic rings. The lowest BCUT2D eigenvalue weighted by molar-refractivity contribution is -0.263. The Hall–Kier alpha value is -1.04. The lowest BCUT2D eigenvalue weighted by Gasteiger charge is -2.46. The molecule has 3 nitrogen and oxygen atoms in total. The third-order valence-electron chi connectivity index (χ3n) is 3.88. The Morgan fingerprint density at radius 3 is 2.62 bits per heavy atom. The van der Waals surface area contributed by atoms with Crippen molar-refractivity contribution in [2.75, 3.05) is 6.61 Å². The molecule has 2 rings (SSSR count). The zero-order valence-corrected chi connectivity index (χ0v) is 13.0. The number of nitrogens with one attached hydrogen (secondary N) is 1. The summed E-state index contributed by atoms with van der Waals surface area (Å²) in [5, 5.41) is 14.0. The first kappa shape index (κ1) is 16.3. The Bertz CT molecular complexity index is 533. The smallest absolute Gasteiger partial charge is 0.208 e. The number of aliphatic hydroxyl groups is 1. The van der Waals surface area contributed by atoms with Crippen molar-refractivity contribution in [2.24, 2.45) is 0 Å². The quantitative estimate of drug-likeness (QED) is 0.902. The predicted molar refractivity (Wildman–Crippen MR) is 76.9 cm³/mol. The van der Waals surface area contributed by atoms with Crippen molar-refractivity contribution in [1.82, 2.24) is 5.32 Å². The summed E-state index contributed by atoms with van der Waals surface area (Å²) < 4.78 is 33.2. The van der Waals surface area contributed by atoms with E-state index in [1.807, 2.05) is 20.8 Å². The van der Waals surface area contributed by atoms with Crippen LogP contribution in [0.2, 0.25) is 0 Å². The second kappa shape index (κ2) is 5.63. The fourth-order valence-electron chi connectivity index (χ4n) is 2.78. The summed E-state index contributed by atoms with van der Waals surface area (Å²) in [6.07, 6.45) is 1.11. The molecule has 1 aromatic rings. The summed E-state index contributed by atoms with van der Waals surface area (Å²) in [5.41, 5.74) is 0.234. The molecule has 0 spiro atoms. The third kappa shape index (κ3) is 3.10. The molecule has 2 N–H and O–H groups in total. The van der Waals surface area contributed by atoms with Gasteiger partial charge in [0.1, 0.15) is 0 Å². The van der Waals surface area contributed by atoms with Crippen LogP contribution in [0.1, 0.15) is 45.2 Å². The van der Waals surface area contributed by atoms with Crippen molar-refractivity contribution in [3.8, 4) is 0 Å². The highest BCUT2D eigenvalue weighted by atomic mass is 19.2. The SMILES string of the molecule is CCCc1cc(C2(O)OCC(C)(C)NC2C)cc(F)c1F. The fraction of sp³-hybridized carbons (Fsp3) is 0.625. The standard InChI is InChI=1S/C16H23F2NO2/c1-5-6-11-7-12(8-13(17)14(11)18)16(20)10(2)19-15(3,4)9-21-16/h7-8,10,19-20H,5-6,9H2,1-4H3. The van der Waals surface area contributed by atoms with Gasteiger partial charge in [-0.05, 0) is 44.9 Å². The molecular weight excluding hydrogens is 276 g/mol. The summed E-state index contributed by atoms with van der Waals surface area (Å²) in [7, 11) is 0. The number of hydrogen-bond acceptors (Lipinski definition) is 3. The van der Waals surface area contributed by atoms with Gasteiger partial charge in [-0.2, -0.15) is 0 Å². The zero-order valence-electron chi connectivity index (χ0n) is 13.0. The molecule has 0 aromatic heterocycles. The van der Waals surface area contributed by atoms with Crippen molar-refractivity contribution in [3.05, 3.63) is 34.9 Å². The molecule has 0 amide bonds. The molecule has 0 bridgehead atoms. The molecule has 5 heteroatoms. The van der Waals surface area contributed by atoms with Gasteiger partial charge in [-0.3, -0.25) is 0 Å². The van der Waals surface area contributed by atoms with E-state index in [-0.39, 0.29) is 23.3 Å². The van der Waals surface area contributed by atoms with Gasteiger partial charge in [0.15, 0.2) is 11.6 Å². The first-order chi connectivity index (χ1) is 9.69. The topological polar surface area (TPSA) is 41.5 Å². The molecule has 1 heterocycles. The van der Waals surface area contributed by atoms with Crippen molar-refractivity contribution >= 4 is 0 Å². The number of hydrogen-bond donors (Lipinski definition) is 2. The maximum absolute atomic E-state index is 13.8. The Kier molecular flexibility index (Phi) is 4.38. The molecule has 1 saturated heterocycles. The highest BCUT2D eigenvalue weighted by Crippen LogP contribution is 2.34. The van der Waals surface area contributed by atoms with Crippen LogP contribution >= 0.6 is 0 Å². The Balaban J connectivity index is 2.41. The van der Waals surface area contributed by atoms with E-state index in [0.29, 0.717) is 12.8 Å². The van der Waals surface area contributed by atoms with E-state index in [1.165, 1.54) is 6.07 Å². The highest BCUT2D eigenvalue weighted by Gasteiger charge is 2.45. The van der Waals surface area contributed by atoms with Gasteiger partial charge >= 0.3 is 0 Å². The summed E-state index contributed by atoms with van der Waals surface area (Å²) in [6.45, 7) is 7.84. The van der Waals surface area contributed by atoms with Crippen LogP contribution in [0.5, 0.6) is 0 Å². The second-order valence-electron chi connectivity index (χ2n) is 6.42. The van der Waals surface area contributed by atoms with Gasteiger partial charge in [-0.25, -0.2) is 8.78 Å². The lowest BCUT2D eigenvalue weighted by Crippen LogP contribution is -2.63. The Morgan fingerprint density at radius 1 is 1.38 bits per heavy atom. The van der Waals surface area contributed by atoms with Crippen LogP contribution in [-0.4, -0.2) is 23.3 Å². The van der Waals surface area contributed by atoms with E-state index in [9.17, 15) is 13.9 Å². The van der Waals surface area contributed by atoms with Gasteiger partial charge in [0.2, 0.25) is 5.79 Å². The van der Waals surface area contributed by atoms with Gasteiger partial charge in [0, 0.05) is 11.1 Å². The number of aryl methyl sites for hydroxylation is 1. The zero-order chi connectivity index (χ0) is 15.8. The molecule has 2 atom stereocenters. The van der Waals surface area contributed by atoms with Gasteiger partial charge in [-0.1, -0.05) is 13.3 Å². The van der Waals surface area contributed by atoms with Crippen molar-refractivity contribution in [1.29, 1.82) is 0 Å². The number of benzene rings is 1. The molecule has 1 aromatic carbocycles. The normalized spacial score (nSPS) is 28.6. The summed E-state index contributed by atoms with van der Waals surface area (Å²) >= 11 is 0. The Morgan fingerprint density at radius 2 is 2.05 bits per heavy atom. The number of halogens is 2. The molecule has 2 unspecified atom stereocenters. The molecule has 0 radical (unpaired) electrons. The minimum Gasteiger partial charge on any atom is -0.361 e. The molecule has 118 valence electrons. The van der Waals surface area contributed by atoms with Crippen LogP contribution < -0.4 is 5.32 Å². The van der Waals surface area contributed by atoms with Gasteiger partial charge in [0.25, 0.3) is 0 Å². The maximum atomic E-state index is 13.8. The van der Waals surface area contributed by atoms with Crippen LogP contribution in [0.4, 0.5) is 8.78 Å². The number of rotatable bonds is 3. The van der Waals surface area contributed by atoms with E-state index < -0.39 is 23.5 Å². The van der Waals surface area contributed by atoms with Crippen molar-refractivity contribution < 1.29 is 18.6 Å². The largest absolute Gasteiger partial charge is 0.361 e. The van der Waals surface area contributed by atoms with E-state index in [4.69, 9.17) is 4.74 Å². The van der Waals surface area contributed by atoms with Crippen LogP contribution in [0.3, 0.4) is 0 Å². The van der Waals surface area contributed by atoms with Gasteiger partial charge in [-0.15, -0.1) is 0 Å². The third-order valence-corrected chi connectivity index (χ3v) is 3.88. The first-order valence-corrected chi connectivity index (χ1v) is 7.32. The molecule has 0 saturated carbocycles. The first-order valence-electron chi connectivity index (χ1n) is 7.32. The Labute approximate surface area is 124 Å². The molecule has 1 fully saturated rings. The lowest BCUT2D eigenvalue weighted by atomic mass is 9.91. The molecular formula is C16H23F2NO2. The van der Waals surface area contributed by atoms with E-state index in [2.05, 4.69) is 5.32 Å². The van der Waals surface area contributed by atoms with Crippen LogP contribution in [0.15, 0.2) is 12.1 Å². The highest BCUT2D eigenvalue weighted by molar-refractivity contribution is 5.31. The van der Waals surface area contributed by atoms with Gasteiger partial charge in [0.05, 0.1) is 12.6 Å². The minimum atomic E-state index is -1.66. The van der Waals surface area contributed by atoms with Crippen molar-refractivity contribution in [2.45, 2.75) is 57.9 Å². The molecule has 21 heavy (non-hydrogen) atoms. The minimum absolute atomic E-state index is 0.250. The van der Waals surface area contributed by atoms with Crippen LogP contribution in [0.25, 0.3) is 0 Å². The van der Waals surface area contributed by atoms with E-state index >= 15 is 0 Å². The predicted octanol–water partition coefficient (Wildman–Crippen LogP) is 2.85. The molecule has 1 aliphatic heterocycles. The monoisotopic (exact) mass is 299 g/mol. The van der Waals surface area contributed by atoms with Crippen molar-refractivity contribution in [3.63, 3.8) is 0 Å². The summed E-state index contributed by atoms with van der Waals surface area (Å²) in [4.78, 5) is 0. The summed E-state index contributed by atoms with van der Waals surface area (Å²) in [5.74, 6) is -3.46. The van der Waals surface area contributed by atoms with Crippen LogP contribution in [-0.2, 0) is 16.9 Å². The maximum Gasteiger partial charge on any atom is 0.208 e. The number of ether oxygens (including phenoxy) is 1. The van der Waals surface area contributed by atoms with E-state index in [0.717, 1.165) is 6.07 Å². The second-order valence-corrected chi connectivity index (χ2v) is 6.42. The van der Waals surface area contributed by atoms with Gasteiger partial charge < -0.3 is 15.2 Å². The number of morpholine rings is 1. The molecule has 0 aliphatic carbocycles. The average Bonchev–Trinajstić information content (AvgIpc) is 2.39. The van der Waals surface area contributed by atoms with E-state index in [1.54, 1.807) is 6.92 Å². The fourth-order valence-corrected chi connectivity index (χ4v) is 2.78. The summed E-state index contributed by atoms with van der Waals surface area (Å²) in [6, 6.07) is 2.07. The van der Waals surface area contributed by atoms with Crippen LogP contribution in [0, 0.1) is 11.6 Å². The average molecular weight is 299 g/mol.